The molecule has 10 nitrogen and oxygen atoms in total. The van der Waals surface area contributed by atoms with Crippen LogP contribution in [0, 0.1) is 54.7 Å². The molecule has 0 aliphatic heterocycles. The Morgan fingerprint density at radius 3 is 2.64 bits per heavy atom. The number of benzene rings is 1. The van der Waals surface area contributed by atoms with Gasteiger partial charge in [0.25, 0.3) is 10.0 Å². The molecule has 33 heavy (non-hydrogen) atoms. The van der Waals surface area contributed by atoms with E-state index in [1.165, 1.54) is 12.3 Å². The third-order valence-corrected chi connectivity index (χ3v) is 5.96. The number of aromatic nitrogens is 5. The number of rotatable bonds is 8. The van der Waals surface area contributed by atoms with Crippen molar-refractivity contribution in [3.63, 3.8) is 0 Å². The van der Waals surface area contributed by atoms with Gasteiger partial charge in [-0.15, -0.1) is 6.07 Å². The maximum atomic E-state index is 12.5. The fourth-order valence-electron chi connectivity index (χ4n) is 3.05. The summed E-state index contributed by atoms with van der Waals surface area (Å²) in [5, 5.41) is 11.4. The molecule has 0 saturated heterocycles. The fourth-order valence-corrected chi connectivity index (χ4v) is 4.03. The number of aromatic amines is 1. The number of anilines is 2. The van der Waals surface area contributed by atoms with Crippen LogP contribution >= 0.6 is 0 Å². The van der Waals surface area contributed by atoms with E-state index in [1.807, 2.05) is 21.0 Å². The van der Waals surface area contributed by atoms with Crippen LogP contribution < -0.4 is 10.0 Å². The summed E-state index contributed by atoms with van der Waals surface area (Å²) < 4.78 is 27.4. The zero-order valence-electron chi connectivity index (χ0n) is 18.4. The van der Waals surface area contributed by atoms with E-state index >= 15 is 0 Å². The van der Waals surface area contributed by atoms with Crippen molar-refractivity contribution in [1.29, 1.82) is 0 Å². The predicted octanol–water partition coefficient (Wildman–Crippen LogP) is 2.30. The van der Waals surface area contributed by atoms with Crippen molar-refractivity contribution < 1.29 is 50.2 Å². The van der Waals surface area contributed by atoms with Crippen molar-refractivity contribution in [1.82, 2.24) is 30.0 Å². The number of hydrogen-bond donors (Lipinski definition) is 3. The van der Waals surface area contributed by atoms with E-state index in [0.29, 0.717) is 35.1 Å². The minimum Gasteiger partial charge on any atom is -0.368 e. The first-order chi connectivity index (χ1) is 15.3. The molecule has 4 aromatic rings. The molecule has 0 unspecified atom stereocenters. The number of nitrogens with one attached hydrogen (secondary N) is 3. The van der Waals surface area contributed by atoms with Gasteiger partial charge in [-0.1, -0.05) is 17.3 Å². The topological polar surface area (TPSA) is 129 Å². The van der Waals surface area contributed by atoms with E-state index in [1.54, 1.807) is 30.3 Å². The maximum Gasteiger partial charge on any atom is 0.277 e. The van der Waals surface area contributed by atoms with Crippen LogP contribution in [0.15, 0.2) is 47.6 Å². The Morgan fingerprint density at radius 2 is 1.97 bits per heavy atom. The largest absolute Gasteiger partial charge is 0.368 e. The Labute approximate surface area is 226 Å². The molecule has 0 amide bonds. The van der Waals surface area contributed by atoms with Gasteiger partial charge in [0, 0.05) is 66.7 Å². The molecular formula is C21H23CeN8O2S-. The summed E-state index contributed by atoms with van der Waals surface area (Å²) in [6.07, 6.45) is 1.43. The van der Waals surface area contributed by atoms with Gasteiger partial charge in [-0.05, 0) is 33.2 Å². The molecule has 0 bridgehead atoms. The third kappa shape index (κ3) is 6.03. The molecule has 3 aromatic heterocycles. The first-order valence-corrected chi connectivity index (χ1v) is 11.4. The molecule has 0 atom stereocenters. The van der Waals surface area contributed by atoms with Crippen LogP contribution in [-0.2, 0) is 10.0 Å². The van der Waals surface area contributed by atoms with E-state index in [0.717, 1.165) is 17.6 Å². The quantitative estimate of drug-likeness (QED) is 0.267. The molecule has 170 valence electrons. The predicted molar refractivity (Wildman–Crippen MR) is 123 cm³/mol. The number of hydrogen-bond acceptors (Lipinski definition) is 8. The third-order valence-electron chi connectivity index (χ3n) is 4.67. The number of fused-ring (bicyclic) bond motifs is 1. The average molecular weight is 592 g/mol. The molecule has 0 aliphatic rings. The van der Waals surface area contributed by atoms with E-state index in [9.17, 15) is 8.42 Å². The minimum atomic E-state index is -3.79. The van der Waals surface area contributed by atoms with Crippen LogP contribution in [0.2, 0.25) is 0 Å². The molecule has 0 aliphatic carbocycles. The second-order valence-electron chi connectivity index (χ2n) is 7.44. The zero-order chi connectivity index (χ0) is 22.7. The van der Waals surface area contributed by atoms with E-state index in [2.05, 4.69) is 46.2 Å². The van der Waals surface area contributed by atoms with Gasteiger partial charge in [-0.3, -0.25) is 5.10 Å². The van der Waals surface area contributed by atoms with Gasteiger partial charge in [0.15, 0.2) is 10.7 Å². The van der Waals surface area contributed by atoms with Gasteiger partial charge in [0.05, 0.1) is 5.39 Å². The van der Waals surface area contributed by atoms with Crippen LogP contribution in [0.5, 0.6) is 0 Å². The summed E-state index contributed by atoms with van der Waals surface area (Å²) in [7, 11) is 0.218. The molecule has 12 heteroatoms. The summed E-state index contributed by atoms with van der Waals surface area (Å²) in [6, 6.07) is 12.6. The van der Waals surface area contributed by atoms with Gasteiger partial charge in [0.1, 0.15) is 11.6 Å². The summed E-state index contributed by atoms with van der Waals surface area (Å²) in [5.74, 6) is 1.16. The molecule has 0 spiro atoms. The van der Waals surface area contributed by atoms with E-state index in [-0.39, 0.29) is 46.8 Å². The molecule has 0 fully saturated rings. The Kier molecular flexibility index (Phi) is 8.34. The second kappa shape index (κ2) is 10.8. The number of aryl methyl sites for hydroxylation is 1. The molecule has 1 aromatic carbocycles. The van der Waals surface area contributed by atoms with Gasteiger partial charge in [0.2, 0.25) is 0 Å². The Bertz CT molecular complexity index is 1330. The summed E-state index contributed by atoms with van der Waals surface area (Å²) in [6.45, 7) is 3.48. The molecule has 0 radical (unpaired) electrons. The minimum absolute atomic E-state index is 0. The molecular weight excluding hydrogens is 568 g/mol. The average Bonchev–Trinajstić information content (AvgIpc) is 3.15. The van der Waals surface area contributed by atoms with Gasteiger partial charge < -0.3 is 14.9 Å². The van der Waals surface area contributed by atoms with Crippen LogP contribution in [0.1, 0.15) is 5.69 Å². The standard InChI is InChI=1S/C21H23N8O2S.Ce/c1-14-18-20(23-12-13-29(2)3)24-19(25-21(18)27-26-14)15-7-9-16(10-8-15)28-32(30,31)17-6-4-5-11-22-17;/h4-9,11,28H,12-13H2,1-3H3,(H2,23,24,25,26,27);/q-1;. The second-order valence-corrected chi connectivity index (χ2v) is 9.07. The Morgan fingerprint density at radius 1 is 1.15 bits per heavy atom. The number of H-pyrrole nitrogens is 1. The molecule has 3 heterocycles. The number of sulfonamides is 1. The Balaban J connectivity index is 0.00000306. The number of pyridine rings is 1. The van der Waals surface area contributed by atoms with Crippen molar-refractivity contribution in [2.75, 3.05) is 37.2 Å². The monoisotopic (exact) mass is 591 g/mol. The SMILES string of the molecule is Cc1[nH]nc2nc(-c3c[c-]c(NS(=O)(=O)c4ccccn4)cc3)nc(NCCN(C)C)c12.[Ce]. The van der Waals surface area contributed by atoms with Gasteiger partial charge in [-0.2, -0.15) is 31.7 Å². The first kappa shape index (κ1) is 25.4. The van der Waals surface area contributed by atoms with Crippen LogP contribution in [0.3, 0.4) is 0 Å². The van der Waals surface area contributed by atoms with Crippen molar-refractivity contribution in [3.8, 4) is 11.4 Å². The maximum absolute atomic E-state index is 12.5. The normalized spacial score (nSPS) is 11.4. The fraction of sp³-hybridized carbons (Fsp3) is 0.238. The molecule has 3 N–H and O–H groups in total. The first-order valence-electron chi connectivity index (χ1n) is 9.91. The molecule has 0 saturated carbocycles. The van der Waals surface area contributed by atoms with Crippen molar-refractivity contribution in [2.24, 2.45) is 0 Å². The summed E-state index contributed by atoms with van der Waals surface area (Å²) >= 11 is 0. The smallest absolute Gasteiger partial charge is 0.277 e. The van der Waals surface area contributed by atoms with Crippen molar-refractivity contribution in [2.45, 2.75) is 11.9 Å². The summed E-state index contributed by atoms with van der Waals surface area (Å²) in [5.41, 5.74) is 2.41. The van der Waals surface area contributed by atoms with Crippen LogP contribution in [0.25, 0.3) is 22.4 Å². The van der Waals surface area contributed by atoms with Crippen LogP contribution in [-0.4, -0.2) is 65.7 Å². The Hall–Kier alpha value is -2.19. The van der Waals surface area contributed by atoms with Gasteiger partial charge >= 0.3 is 0 Å². The van der Waals surface area contributed by atoms with E-state index < -0.39 is 10.0 Å². The van der Waals surface area contributed by atoms with E-state index in [4.69, 9.17) is 0 Å². The van der Waals surface area contributed by atoms with Crippen molar-refractivity contribution >= 4 is 32.6 Å². The zero-order valence-corrected chi connectivity index (χ0v) is 22.4. The molecule has 4 rings (SSSR count). The van der Waals surface area contributed by atoms with Crippen molar-refractivity contribution in [3.05, 3.63) is 54.4 Å². The number of nitrogens with zero attached hydrogens (tertiary/aromatic N) is 5. The summed E-state index contributed by atoms with van der Waals surface area (Å²) in [4.78, 5) is 15.2. The van der Waals surface area contributed by atoms with Crippen LogP contribution in [0.4, 0.5) is 11.5 Å². The van der Waals surface area contributed by atoms with Gasteiger partial charge in [-0.25, -0.2) is 15.0 Å². The number of likely N-dealkylation sites (N-methyl/N-ethyl adjacent to an activating group) is 1.